The van der Waals surface area contributed by atoms with Crippen molar-refractivity contribution in [3.63, 3.8) is 0 Å². The van der Waals surface area contributed by atoms with Crippen LogP contribution >= 0.6 is 0 Å². The minimum absolute atomic E-state index is 0.0177. The quantitative estimate of drug-likeness (QED) is 0.309. The van der Waals surface area contributed by atoms with Crippen molar-refractivity contribution in [3.8, 4) is 17.2 Å². The largest absolute Gasteiger partial charge is 0.496 e. The highest BCUT2D eigenvalue weighted by Gasteiger charge is 2.33. The maximum Gasteiger partial charge on any atom is 0.385 e. The minimum Gasteiger partial charge on any atom is -0.496 e. The third-order valence-corrected chi connectivity index (χ3v) is 9.20. The molecular formula is C31H34N4O8S. The van der Waals surface area contributed by atoms with Crippen LogP contribution in [0.15, 0.2) is 48.5 Å². The van der Waals surface area contributed by atoms with Crippen LogP contribution in [0.25, 0.3) is 11.0 Å². The Hall–Kier alpha value is -4.20. The molecule has 0 saturated carbocycles. The van der Waals surface area contributed by atoms with E-state index in [9.17, 15) is 13.2 Å². The fourth-order valence-electron chi connectivity index (χ4n) is 5.74. The number of aryl methyl sites for hydroxylation is 1. The highest BCUT2D eigenvalue weighted by molar-refractivity contribution is 7.84. The van der Waals surface area contributed by atoms with Crippen LogP contribution in [0.3, 0.4) is 0 Å². The molecule has 0 saturated heterocycles. The molecule has 4 heterocycles. The second-order valence-electron chi connectivity index (χ2n) is 10.6. The van der Waals surface area contributed by atoms with Gasteiger partial charge in [0, 0.05) is 30.1 Å². The number of hydrogen-bond donors (Lipinski definition) is 0. The number of methoxy groups -OCH3 is 1. The van der Waals surface area contributed by atoms with Gasteiger partial charge in [0.25, 0.3) is 0 Å². The van der Waals surface area contributed by atoms with E-state index in [-0.39, 0.29) is 37.8 Å². The van der Waals surface area contributed by atoms with E-state index in [1.165, 1.54) is 11.4 Å². The van der Waals surface area contributed by atoms with Crippen LogP contribution in [0.4, 0.5) is 0 Å². The van der Waals surface area contributed by atoms with E-state index in [4.69, 9.17) is 23.1 Å². The number of hydrogen-bond acceptors (Lipinski definition) is 10. The molecule has 0 spiro atoms. The summed E-state index contributed by atoms with van der Waals surface area (Å²) in [5.41, 5.74) is 5.46. The second kappa shape index (κ2) is 12.4. The molecule has 3 aliphatic heterocycles. The molecule has 2 unspecified atom stereocenters. The lowest BCUT2D eigenvalue weighted by molar-refractivity contribution is -0.143. The molecule has 13 heteroatoms. The molecule has 0 fully saturated rings. The highest BCUT2D eigenvalue weighted by atomic mass is 32.2. The summed E-state index contributed by atoms with van der Waals surface area (Å²) in [6.07, 6.45) is 0.0786. The maximum absolute atomic E-state index is 13.2. The van der Waals surface area contributed by atoms with Crippen molar-refractivity contribution in [2.45, 2.75) is 45.8 Å². The number of ether oxygens (including phenoxy) is 4. The van der Waals surface area contributed by atoms with Crippen LogP contribution in [0.2, 0.25) is 0 Å². The molecular weight excluding hydrogens is 588 g/mol. The lowest BCUT2D eigenvalue weighted by Crippen LogP contribution is -2.37. The molecule has 1 aromatic heterocycles. The zero-order valence-electron chi connectivity index (χ0n) is 24.8. The zero-order chi connectivity index (χ0) is 30.8. The molecule has 0 aliphatic carbocycles. The number of fused-ring (bicyclic) bond motifs is 6. The molecule has 44 heavy (non-hydrogen) atoms. The number of carbonyl (C=O) groups excluding carboxylic acids is 1. The summed E-state index contributed by atoms with van der Waals surface area (Å²) in [7, 11) is -2.57. The first-order valence-corrected chi connectivity index (χ1v) is 15.8. The summed E-state index contributed by atoms with van der Waals surface area (Å²) < 4.78 is 57.6. The average Bonchev–Trinajstić information content (AvgIpc) is 3.42. The number of benzene rings is 3. The van der Waals surface area contributed by atoms with Crippen molar-refractivity contribution < 1.29 is 36.3 Å². The van der Waals surface area contributed by atoms with Crippen molar-refractivity contribution in [2.75, 3.05) is 33.5 Å². The Kier molecular flexibility index (Phi) is 8.43. The monoisotopic (exact) mass is 622 g/mol. The predicted octanol–water partition coefficient (Wildman–Crippen LogP) is 3.88. The van der Waals surface area contributed by atoms with Gasteiger partial charge in [0.2, 0.25) is 0 Å². The molecule has 232 valence electrons. The fourth-order valence-corrected chi connectivity index (χ4v) is 6.83. The van der Waals surface area contributed by atoms with Gasteiger partial charge in [-0.25, -0.2) is 4.68 Å². The van der Waals surface area contributed by atoms with Gasteiger partial charge in [0.1, 0.15) is 29.4 Å². The number of rotatable bonds is 4. The van der Waals surface area contributed by atoms with Crippen molar-refractivity contribution in [1.82, 2.24) is 19.3 Å². The van der Waals surface area contributed by atoms with Gasteiger partial charge in [-0.05, 0) is 60.9 Å². The Labute approximate surface area is 255 Å². The molecule has 12 nitrogen and oxygen atoms in total. The summed E-state index contributed by atoms with van der Waals surface area (Å²) >= 11 is 0. The van der Waals surface area contributed by atoms with Crippen LogP contribution in [-0.4, -0.2) is 67.2 Å². The van der Waals surface area contributed by atoms with Crippen LogP contribution in [0.1, 0.15) is 47.1 Å². The number of nitrogens with zero attached hydrogens (tertiary/aromatic N) is 4. The van der Waals surface area contributed by atoms with Crippen molar-refractivity contribution in [2.24, 2.45) is 0 Å². The van der Waals surface area contributed by atoms with Crippen LogP contribution in [0, 0.1) is 6.92 Å². The Bertz CT molecular complexity index is 1810. The van der Waals surface area contributed by atoms with Gasteiger partial charge >= 0.3 is 16.3 Å². The summed E-state index contributed by atoms with van der Waals surface area (Å²) in [5, 5.41) is 8.82. The Morgan fingerprint density at radius 3 is 2.70 bits per heavy atom. The van der Waals surface area contributed by atoms with Gasteiger partial charge in [0.15, 0.2) is 0 Å². The number of aromatic nitrogens is 3. The second-order valence-corrected chi connectivity index (χ2v) is 12.2. The highest BCUT2D eigenvalue weighted by Crippen LogP contribution is 2.38. The molecule has 4 aromatic rings. The van der Waals surface area contributed by atoms with Crippen LogP contribution < -0.4 is 13.7 Å². The van der Waals surface area contributed by atoms with Crippen LogP contribution in [0.5, 0.6) is 17.2 Å². The van der Waals surface area contributed by atoms with Crippen molar-refractivity contribution in [3.05, 3.63) is 76.3 Å². The van der Waals surface area contributed by atoms with Gasteiger partial charge in [-0.2, -0.15) is 12.7 Å². The lowest BCUT2D eigenvalue weighted by Gasteiger charge is -2.29. The van der Waals surface area contributed by atoms with E-state index in [1.807, 2.05) is 31.2 Å². The summed E-state index contributed by atoms with van der Waals surface area (Å²) in [4.78, 5) is 12.9. The molecule has 2 atom stereocenters. The molecule has 0 amide bonds. The summed E-state index contributed by atoms with van der Waals surface area (Å²) in [6, 6.07) is 14.5. The van der Waals surface area contributed by atoms with E-state index >= 15 is 0 Å². The van der Waals surface area contributed by atoms with E-state index in [2.05, 4.69) is 10.3 Å². The van der Waals surface area contributed by atoms with Crippen molar-refractivity contribution >= 4 is 27.3 Å². The van der Waals surface area contributed by atoms with Gasteiger partial charge in [0.05, 0.1) is 45.4 Å². The zero-order valence-corrected chi connectivity index (χ0v) is 25.6. The third-order valence-electron chi connectivity index (χ3n) is 7.92. The fraction of sp³-hybridized carbons (Fsp3) is 0.387. The Morgan fingerprint density at radius 1 is 1.05 bits per heavy atom. The molecule has 9 bridgehead atoms. The lowest BCUT2D eigenvalue weighted by atomic mass is 9.84. The molecule has 3 aromatic carbocycles. The predicted molar refractivity (Wildman–Crippen MR) is 160 cm³/mol. The normalized spacial score (nSPS) is 19.6. The summed E-state index contributed by atoms with van der Waals surface area (Å²) in [5.74, 6) is 0.602. The van der Waals surface area contributed by atoms with Crippen molar-refractivity contribution in [1.29, 1.82) is 0 Å². The Balaban J connectivity index is 1.46. The minimum atomic E-state index is -4.10. The standard InChI is InChI=1S/C31H34N4O8S/c1-4-41-30(36)17-26-21-5-9-28(39-3)22(15-21)18-34-19-23-16-24(6-10-29(23)43-44(34,37)38)42-14-13-40-12-11-35-27-8-7-25(26)20(2)31(27)32-33-35/h5-10,15-16,26H,4,11-14,17-19H2,1-3H3. The summed E-state index contributed by atoms with van der Waals surface area (Å²) in [6.45, 7) is 5.64. The smallest absolute Gasteiger partial charge is 0.385 e. The third kappa shape index (κ3) is 5.94. The van der Waals surface area contributed by atoms with Gasteiger partial charge in [-0.3, -0.25) is 4.79 Å². The molecule has 0 N–H and O–H groups in total. The molecule has 7 rings (SSSR count). The van der Waals surface area contributed by atoms with Crippen LogP contribution in [-0.2, 0) is 44.2 Å². The number of esters is 1. The van der Waals surface area contributed by atoms with E-state index < -0.39 is 16.2 Å². The Morgan fingerprint density at radius 2 is 1.89 bits per heavy atom. The van der Waals surface area contributed by atoms with E-state index in [1.54, 1.807) is 35.9 Å². The van der Waals surface area contributed by atoms with Gasteiger partial charge in [-0.15, -0.1) is 5.10 Å². The maximum atomic E-state index is 13.2. The van der Waals surface area contributed by atoms with Gasteiger partial charge in [-0.1, -0.05) is 23.4 Å². The average molecular weight is 623 g/mol. The topological polar surface area (TPSA) is 131 Å². The van der Waals surface area contributed by atoms with E-state index in [0.717, 1.165) is 27.7 Å². The molecule has 3 aliphatic rings. The van der Waals surface area contributed by atoms with Gasteiger partial charge < -0.3 is 23.1 Å². The number of carbonyl (C=O) groups is 1. The van der Waals surface area contributed by atoms with E-state index in [0.29, 0.717) is 49.0 Å². The first-order valence-electron chi connectivity index (χ1n) is 14.5. The first-order chi connectivity index (χ1) is 21.3. The molecule has 0 radical (unpaired) electrons. The first kappa shape index (κ1) is 29.9. The SMILES string of the molecule is CCOC(=O)CC1c2ccc(OC)c(c2)CN2Cc3cc(ccc3OS2(=O)=O)OCCOCCn2nnc3c(C)c1ccc32.